The second-order valence-corrected chi connectivity index (χ2v) is 10.1. The van der Waals surface area contributed by atoms with Gasteiger partial charge in [-0.25, -0.2) is 0 Å². The van der Waals surface area contributed by atoms with Crippen LogP contribution in [-0.2, 0) is 9.53 Å². The maximum absolute atomic E-state index is 12.4. The zero-order valence-corrected chi connectivity index (χ0v) is 16.6. The number of ether oxygens (including phenoxy) is 1. The summed E-state index contributed by atoms with van der Waals surface area (Å²) in [6.07, 6.45) is 11.9. The molecule has 4 aliphatic rings. The van der Waals surface area contributed by atoms with E-state index in [1.165, 1.54) is 32.1 Å². The fourth-order valence-corrected chi connectivity index (χ4v) is 7.97. The van der Waals surface area contributed by atoms with Gasteiger partial charge in [0.15, 0.2) is 5.78 Å². The predicted molar refractivity (Wildman–Crippen MR) is 103 cm³/mol. The van der Waals surface area contributed by atoms with Gasteiger partial charge in [-0.3, -0.25) is 4.79 Å². The van der Waals surface area contributed by atoms with E-state index in [4.69, 9.17) is 4.74 Å². The first-order valence-electron chi connectivity index (χ1n) is 10.8. The number of hydrogen-bond acceptors (Lipinski definition) is 3. The van der Waals surface area contributed by atoms with Gasteiger partial charge >= 0.3 is 0 Å². The molecule has 0 amide bonds. The highest BCUT2D eigenvalue weighted by atomic mass is 16.5. The van der Waals surface area contributed by atoms with E-state index in [1.54, 1.807) is 13.2 Å². The standard InChI is InChI=1S/C23H36O3/c1-4-21(24)20-8-7-19-18-6-5-15-13-23(25,14-26-3)12-10-16(15)17(18)9-11-22(19,20)2/h4,15-20,25H,1,5-14H2,2-3H3/t15?,16-,17?,18+,19-,20+,22-,23+/m0/s1. The predicted octanol–water partition coefficient (Wildman–Crippen LogP) is 4.39. The van der Waals surface area contributed by atoms with E-state index in [2.05, 4.69) is 13.5 Å². The summed E-state index contributed by atoms with van der Waals surface area (Å²) in [5, 5.41) is 10.8. The molecule has 0 aromatic carbocycles. The van der Waals surface area contributed by atoms with Crippen LogP contribution in [0.4, 0.5) is 0 Å². The molecule has 3 heteroatoms. The first-order chi connectivity index (χ1) is 12.4. The molecule has 8 atom stereocenters. The Bertz CT molecular complexity index is 572. The van der Waals surface area contributed by atoms with E-state index in [0.717, 1.165) is 49.4 Å². The van der Waals surface area contributed by atoms with E-state index < -0.39 is 5.60 Å². The van der Waals surface area contributed by atoms with Crippen LogP contribution < -0.4 is 0 Å². The number of hydrogen-bond donors (Lipinski definition) is 1. The highest BCUT2D eigenvalue weighted by molar-refractivity contribution is 5.92. The van der Waals surface area contributed by atoms with Crippen molar-refractivity contribution in [3.63, 3.8) is 0 Å². The van der Waals surface area contributed by atoms with Gasteiger partial charge in [0.05, 0.1) is 12.2 Å². The molecule has 4 saturated carbocycles. The molecule has 4 rings (SSSR count). The Kier molecular flexibility index (Phi) is 4.84. The number of allylic oxidation sites excluding steroid dienone is 1. The topological polar surface area (TPSA) is 46.5 Å². The number of rotatable bonds is 4. The number of ketones is 1. The third-order valence-corrected chi connectivity index (χ3v) is 9.06. The lowest BCUT2D eigenvalue weighted by atomic mass is 9.49. The molecule has 4 aliphatic carbocycles. The van der Waals surface area contributed by atoms with Crippen LogP contribution in [0.2, 0.25) is 0 Å². The Labute approximate surface area is 158 Å². The first-order valence-corrected chi connectivity index (χ1v) is 10.8. The molecular formula is C23H36O3. The van der Waals surface area contributed by atoms with Gasteiger partial charge in [-0.15, -0.1) is 0 Å². The average molecular weight is 361 g/mol. The average Bonchev–Trinajstić information content (AvgIpc) is 2.98. The van der Waals surface area contributed by atoms with Gasteiger partial charge in [0.2, 0.25) is 0 Å². The van der Waals surface area contributed by atoms with Crippen LogP contribution in [0.25, 0.3) is 0 Å². The minimum atomic E-state index is -0.596. The SMILES string of the molecule is C=CC(=O)[C@H]1CC[C@H]2[C@@H]3CCC4C[C@@](O)(COC)CC[C@@H]4C3CC[C@]12C. The molecule has 1 N–H and O–H groups in total. The van der Waals surface area contributed by atoms with Crippen molar-refractivity contribution in [2.24, 2.45) is 40.9 Å². The van der Waals surface area contributed by atoms with Crippen molar-refractivity contribution in [2.45, 2.75) is 70.3 Å². The summed E-state index contributed by atoms with van der Waals surface area (Å²) in [6.45, 7) is 6.64. The molecule has 0 spiro atoms. The maximum Gasteiger partial charge on any atom is 0.158 e. The van der Waals surface area contributed by atoms with E-state index in [1.807, 2.05) is 0 Å². The van der Waals surface area contributed by atoms with Crippen molar-refractivity contribution in [3.05, 3.63) is 12.7 Å². The molecule has 0 saturated heterocycles. The fourth-order valence-electron chi connectivity index (χ4n) is 7.97. The highest BCUT2D eigenvalue weighted by Crippen LogP contribution is 2.64. The molecule has 0 aromatic heterocycles. The molecule has 0 aliphatic heterocycles. The van der Waals surface area contributed by atoms with Gasteiger partial charge in [0.1, 0.15) is 0 Å². The minimum Gasteiger partial charge on any atom is -0.387 e. The molecule has 2 unspecified atom stereocenters. The highest BCUT2D eigenvalue weighted by Gasteiger charge is 2.58. The quantitative estimate of drug-likeness (QED) is 0.757. The van der Waals surface area contributed by atoms with E-state index >= 15 is 0 Å². The van der Waals surface area contributed by atoms with Crippen LogP contribution >= 0.6 is 0 Å². The summed E-state index contributed by atoms with van der Waals surface area (Å²) in [7, 11) is 1.70. The largest absolute Gasteiger partial charge is 0.387 e. The van der Waals surface area contributed by atoms with Crippen molar-refractivity contribution in [3.8, 4) is 0 Å². The number of aliphatic hydroxyl groups is 1. The third-order valence-electron chi connectivity index (χ3n) is 9.06. The normalized spacial score (nSPS) is 50.4. The van der Waals surface area contributed by atoms with Crippen molar-refractivity contribution in [1.29, 1.82) is 0 Å². The monoisotopic (exact) mass is 360 g/mol. The Hall–Kier alpha value is -0.670. The number of methoxy groups -OCH3 is 1. The van der Waals surface area contributed by atoms with Crippen molar-refractivity contribution >= 4 is 5.78 Å². The second kappa shape index (κ2) is 6.74. The van der Waals surface area contributed by atoms with Crippen molar-refractivity contribution in [1.82, 2.24) is 0 Å². The molecular weight excluding hydrogens is 324 g/mol. The molecule has 4 fully saturated rings. The lowest BCUT2D eigenvalue weighted by Crippen LogP contribution is -2.52. The van der Waals surface area contributed by atoms with E-state index in [-0.39, 0.29) is 17.1 Å². The minimum absolute atomic E-state index is 0.199. The molecule has 26 heavy (non-hydrogen) atoms. The Morgan fingerprint density at radius 1 is 1.12 bits per heavy atom. The Morgan fingerprint density at radius 2 is 1.88 bits per heavy atom. The summed E-state index contributed by atoms with van der Waals surface area (Å²) < 4.78 is 5.30. The van der Waals surface area contributed by atoms with Crippen LogP contribution in [0, 0.1) is 40.9 Å². The number of fused-ring (bicyclic) bond motifs is 5. The molecule has 0 heterocycles. The van der Waals surface area contributed by atoms with Crippen LogP contribution in [0.1, 0.15) is 64.7 Å². The summed E-state index contributed by atoms with van der Waals surface area (Å²) >= 11 is 0. The lowest BCUT2D eigenvalue weighted by Gasteiger charge is -2.57. The van der Waals surface area contributed by atoms with Gasteiger partial charge < -0.3 is 9.84 Å². The molecule has 3 nitrogen and oxygen atoms in total. The van der Waals surface area contributed by atoms with Crippen LogP contribution in [-0.4, -0.2) is 30.2 Å². The zero-order chi connectivity index (χ0) is 18.5. The van der Waals surface area contributed by atoms with Gasteiger partial charge in [-0.05, 0) is 98.9 Å². The van der Waals surface area contributed by atoms with Gasteiger partial charge in [-0.1, -0.05) is 13.5 Å². The summed E-state index contributed by atoms with van der Waals surface area (Å²) in [4.78, 5) is 12.4. The number of carbonyl (C=O) groups excluding carboxylic acids is 1. The second-order valence-electron chi connectivity index (χ2n) is 10.1. The Morgan fingerprint density at radius 3 is 2.62 bits per heavy atom. The maximum atomic E-state index is 12.4. The van der Waals surface area contributed by atoms with Gasteiger partial charge in [0.25, 0.3) is 0 Å². The van der Waals surface area contributed by atoms with Crippen molar-refractivity contribution < 1.29 is 14.6 Å². The summed E-state index contributed by atoms with van der Waals surface area (Å²) in [5.74, 6) is 4.27. The van der Waals surface area contributed by atoms with Gasteiger partial charge in [0, 0.05) is 13.0 Å². The van der Waals surface area contributed by atoms with E-state index in [0.29, 0.717) is 12.5 Å². The summed E-state index contributed by atoms with van der Waals surface area (Å²) in [5.41, 5.74) is -0.397. The van der Waals surface area contributed by atoms with Gasteiger partial charge in [-0.2, -0.15) is 0 Å². The first kappa shape index (κ1) is 18.7. The van der Waals surface area contributed by atoms with Crippen LogP contribution in [0.5, 0.6) is 0 Å². The molecule has 146 valence electrons. The van der Waals surface area contributed by atoms with Crippen LogP contribution in [0.15, 0.2) is 12.7 Å². The zero-order valence-electron chi connectivity index (χ0n) is 16.6. The molecule has 0 radical (unpaired) electrons. The summed E-state index contributed by atoms with van der Waals surface area (Å²) in [6, 6.07) is 0. The fraction of sp³-hybridized carbons (Fsp3) is 0.870. The Balaban J connectivity index is 1.51. The number of carbonyl (C=O) groups is 1. The molecule has 0 bridgehead atoms. The van der Waals surface area contributed by atoms with Crippen LogP contribution in [0.3, 0.4) is 0 Å². The van der Waals surface area contributed by atoms with Crippen molar-refractivity contribution in [2.75, 3.05) is 13.7 Å². The molecule has 0 aromatic rings. The van der Waals surface area contributed by atoms with E-state index in [9.17, 15) is 9.90 Å². The lowest BCUT2D eigenvalue weighted by molar-refractivity contribution is -0.133. The smallest absolute Gasteiger partial charge is 0.158 e. The third kappa shape index (κ3) is 2.81.